The molecule has 6 nitrogen and oxygen atoms in total. The second-order valence-electron chi connectivity index (χ2n) is 3.62. The van der Waals surface area contributed by atoms with Crippen LogP contribution in [0.4, 0.5) is 0 Å². The smallest absolute Gasteiger partial charge is 0.307 e. The fourth-order valence-corrected chi connectivity index (χ4v) is 1.35. The summed E-state index contributed by atoms with van der Waals surface area (Å²) in [5.74, 6) is -0.872. The molecule has 0 aliphatic carbocycles. The molecule has 0 N–H and O–H groups in total. The van der Waals surface area contributed by atoms with Gasteiger partial charge in [0.25, 0.3) is 0 Å². The van der Waals surface area contributed by atoms with Crippen molar-refractivity contribution in [1.29, 1.82) is 0 Å². The zero-order valence-electron chi connectivity index (χ0n) is 11.2. The third kappa shape index (κ3) is 7.65. The zero-order chi connectivity index (χ0) is 14.0. The average Bonchev–Trinajstić information content (AvgIpc) is 2.29. The summed E-state index contributed by atoms with van der Waals surface area (Å²) in [5.41, 5.74) is 0. The highest BCUT2D eigenvalue weighted by molar-refractivity contribution is 5.76. The minimum absolute atomic E-state index is 0.135. The van der Waals surface area contributed by atoms with Crippen molar-refractivity contribution in [2.24, 2.45) is 0 Å². The van der Waals surface area contributed by atoms with Crippen LogP contribution in [0.2, 0.25) is 0 Å². The Morgan fingerprint density at radius 1 is 0.889 bits per heavy atom. The van der Waals surface area contributed by atoms with Crippen LogP contribution in [0, 0.1) is 0 Å². The number of esters is 2. The molecule has 0 unspecified atom stereocenters. The van der Waals surface area contributed by atoms with E-state index in [1.807, 2.05) is 0 Å². The number of ether oxygens (including phenoxy) is 2. The molecule has 6 heteroatoms. The molecule has 0 aliphatic rings. The molecule has 0 fully saturated rings. The molecule has 0 aliphatic heterocycles. The van der Waals surface area contributed by atoms with Crippen molar-refractivity contribution in [3.63, 3.8) is 0 Å². The Bertz CT molecular complexity index is 268. The molecule has 0 atom stereocenters. The van der Waals surface area contributed by atoms with Crippen LogP contribution in [-0.4, -0.2) is 49.0 Å². The van der Waals surface area contributed by atoms with Gasteiger partial charge in [0.1, 0.15) is 0 Å². The van der Waals surface area contributed by atoms with Crippen molar-refractivity contribution in [2.75, 3.05) is 26.3 Å². The first kappa shape index (κ1) is 16.4. The van der Waals surface area contributed by atoms with Gasteiger partial charge in [0.15, 0.2) is 0 Å². The Morgan fingerprint density at radius 2 is 1.28 bits per heavy atom. The monoisotopic (exact) mass is 259 g/mol. The lowest BCUT2D eigenvalue weighted by Crippen LogP contribution is -2.33. The van der Waals surface area contributed by atoms with E-state index < -0.39 is 0 Å². The lowest BCUT2D eigenvalue weighted by molar-refractivity contribution is -0.144. The third-order valence-corrected chi connectivity index (χ3v) is 2.23. The van der Waals surface area contributed by atoms with Crippen molar-refractivity contribution in [2.45, 2.75) is 33.6 Å². The van der Waals surface area contributed by atoms with Crippen LogP contribution in [0.3, 0.4) is 0 Å². The van der Waals surface area contributed by atoms with E-state index >= 15 is 0 Å². The summed E-state index contributed by atoms with van der Waals surface area (Å²) < 4.78 is 9.54. The van der Waals surface area contributed by atoms with Crippen molar-refractivity contribution in [1.82, 2.24) is 4.90 Å². The van der Waals surface area contributed by atoms with E-state index in [2.05, 4.69) is 0 Å². The first-order valence-electron chi connectivity index (χ1n) is 6.08. The average molecular weight is 259 g/mol. The van der Waals surface area contributed by atoms with Crippen LogP contribution < -0.4 is 0 Å². The lowest BCUT2D eigenvalue weighted by atomic mass is 10.3. The van der Waals surface area contributed by atoms with Gasteiger partial charge in [0.2, 0.25) is 5.91 Å². The number of carbonyl (C=O) groups excluding carboxylic acids is 3. The molecule has 0 bridgehead atoms. The maximum absolute atomic E-state index is 11.3. The van der Waals surface area contributed by atoms with Crippen LogP contribution in [0.25, 0.3) is 0 Å². The Kier molecular flexibility index (Phi) is 8.61. The summed E-state index contributed by atoms with van der Waals surface area (Å²) >= 11 is 0. The summed E-state index contributed by atoms with van der Waals surface area (Å²) in [6.45, 7) is 6.00. The molecule has 0 aromatic heterocycles. The Balaban J connectivity index is 4.04. The zero-order valence-corrected chi connectivity index (χ0v) is 11.2. The van der Waals surface area contributed by atoms with E-state index in [1.165, 1.54) is 11.8 Å². The van der Waals surface area contributed by atoms with E-state index in [9.17, 15) is 14.4 Å². The molecule has 0 aromatic carbocycles. The minimum Gasteiger partial charge on any atom is -0.466 e. The van der Waals surface area contributed by atoms with Gasteiger partial charge in [-0.25, -0.2) is 0 Å². The Labute approximate surface area is 107 Å². The maximum Gasteiger partial charge on any atom is 0.307 e. The van der Waals surface area contributed by atoms with E-state index in [0.29, 0.717) is 13.2 Å². The summed E-state index contributed by atoms with van der Waals surface area (Å²) in [6, 6.07) is 0. The van der Waals surface area contributed by atoms with Gasteiger partial charge in [-0.15, -0.1) is 0 Å². The topological polar surface area (TPSA) is 72.9 Å². The second kappa shape index (κ2) is 9.44. The van der Waals surface area contributed by atoms with Gasteiger partial charge in [-0.2, -0.15) is 0 Å². The van der Waals surface area contributed by atoms with E-state index in [4.69, 9.17) is 9.47 Å². The predicted molar refractivity (Wildman–Crippen MR) is 64.8 cm³/mol. The van der Waals surface area contributed by atoms with E-state index in [1.54, 1.807) is 13.8 Å². The molecule has 104 valence electrons. The molecular weight excluding hydrogens is 238 g/mol. The highest BCUT2D eigenvalue weighted by Gasteiger charge is 2.13. The minimum atomic E-state index is -0.347. The molecule has 0 aromatic rings. The van der Waals surface area contributed by atoms with Gasteiger partial charge in [-0.05, 0) is 13.8 Å². The summed E-state index contributed by atoms with van der Waals surface area (Å²) in [6.07, 6.45) is 0.270. The molecule has 1 amide bonds. The van der Waals surface area contributed by atoms with Gasteiger partial charge in [0, 0.05) is 20.0 Å². The Hall–Kier alpha value is -1.59. The number of carbonyl (C=O) groups is 3. The van der Waals surface area contributed by atoms with Gasteiger partial charge >= 0.3 is 11.9 Å². The molecule has 0 radical (unpaired) electrons. The standard InChI is InChI=1S/C12H21NO5/c1-4-17-11(15)6-8-13(10(3)14)9-7-12(16)18-5-2/h4-9H2,1-3H3. The molecule has 0 heterocycles. The van der Waals surface area contributed by atoms with Crippen molar-refractivity contribution >= 4 is 17.8 Å². The van der Waals surface area contributed by atoms with Crippen molar-refractivity contribution < 1.29 is 23.9 Å². The van der Waals surface area contributed by atoms with Crippen LogP contribution in [-0.2, 0) is 23.9 Å². The van der Waals surface area contributed by atoms with Crippen LogP contribution in [0.1, 0.15) is 33.6 Å². The van der Waals surface area contributed by atoms with Crippen LogP contribution in [0.15, 0.2) is 0 Å². The van der Waals surface area contributed by atoms with Gasteiger partial charge < -0.3 is 14.4 Å². The fraction of sp³-hybridized carbons (Fsp3) is 0.750. The van der Waals surface area contributed by atoms with E-state index in [0.717, 1.165) is 0 Å². The third-order valence-electron chi connectivity index (χ3n) is 2.23. The van der Waals surface area contributed by atoms with Crippen LogP contribution in [0.5, 0.6) is 0 Å². The molecular formula is C12H21NO5. The molecule has 0 rings (SSSR count). The number of hydrogen-bond acceptors (Lipinski definition) is 5. The van der Waals surface area contributed by atoms with Crippen molar-refractivity contribution in [3.8, 4) is 0 Å². The van der Waals surface area contributed by atoms with Gasteiger partial charge in [-0.3, -0.25) is 14.4 Å². The first-order valence-corrected chi connectivity index (χ1v) is 6.08. The number of rotatable bonds is 8. The highest BCUT2D eigenvalue weighted by Crippen LogP contribution is 1.98. The number of nitrogens with zero attached hydrogens (tertiary/aromatic N) is 1. The van der Waals surface area contributed by atoms with E-state index in [-0.39, 0.29) is 43.8 Å². The SMILES string of the molecule is CCOC(=O)CCN(CCC(=O)OCC)C(C)=O. The predicted octanol–water partition coefficient (Wildman–Crippen LogP) is 0.741. The molecule has 0 spiro atoms. The molecule has 0 saturated carbocycles. The van der Waals surface area contributed by atoms with Gasteiger partial charge in [-0.1, -0.05) is 0 Å². The summed E-state index contributed by atoms with van der Waals surface area (Å²) in [4.78, 5) is 35.1. The normalized spacial score (nSPS) is 9.72. The first-order chi connectivity index (χ1) is 8.51. The van der Waals surface area contributed by atoms with Gasteiger partial charge in [0.05, 0.1) is 26.1 Å². The second-order valence-corrected chi connectivity index (χ2v) is 3.62. The summed E-state index contributed by atoms with van der Waals surface area (Å²) in [5, 5.41) is 0. The largest absolute Gasteiger partial charge is 0.466 e. The van der Waals surface area contributed by atoms with Crippen molar-refractivity contribution in [3.05, 3.63) is 0 Å². The van der Waals surface area contributed by atoms with Crippen LogP contribution >= 0.6 is 0 Å². The quantitative estimate of drug-likeness (QED) is 0.601. The Morgan fingerprint density at radius 3 is 1.56 bits per heavy atom. The maximum atomic E-state index is 11.3. The fourth-order valence-electron chi connectivity index (χ4n) is 1.35. The number of hydrogen-bond donors (Lipinski definition) is 0. The molecule has 0 saturated heterocycles. The molecule has 18 heavy (non-hydrogen) atoms. The summed E-state index contributed by atoms with van der Waals surface area (Å²) in [7, 11) is 0. The highest BCUT2D eigenvalue weighted by atomic mass is 16.5. The number of amides is 1. The lowest BCUT2D eigenvalue weighted by Gasteiger charge is -2.19.